The first-order valence-electron chi connectivity index (χ1n) is 8.52. The van der Waals surface area contributed by atoms with Gasteiger partial charge in [0.25, 0.3) is 0 Å². The van der Waals surface area contributed by atoms with E-state index in [-0.39, 0.29) is 29.8 Å². The number of hydrogen-bond acceptors (Lipinski definition) is 5. The molecule has 2 N–H and O–H groups in total. The zero-order valence-corrected chi connectivity index (χ0v) is 15.7. The number of halogens is 1. The van der Waals surface area contributed by atoms with Gasteiger partial charge in [-0.1, -0.05) is 36.4 Å². The van der Waals surface area contributed by atoms with Gasteiger partial charge in [0.05, 0.1) is 12.0 Å². The van der Waals surface area contributed by atoms with E-state index in [0.717, 1.165) is 18.7 Å². The van der Waals surface area contributed by atoms with Crippen LogP contribution in [0.4, 0.5) is 4.39 Å². The Morgan fingerprint density at radius 2 is 1.89 bits per heavy atom. The van der Waals surface area contributed by atoms with Gasteiger partial charge < -0.3 is 10.5 Å². The van der Waals surface area contributed by atoms with Crippen LogP contribution in [0.2, 0.25) is 0 Å². The van der Waals surface area contributed by atoms with E-state index in [4.69, 9.17) is 5.73 Å². The first-order chi connectivity index (χ1) is 12.9. The average Bonchev–Trinajstić information content (AvgIpc) is 3.13. The number of ether oxygens (including phenoxy) is 1. The van der Waals surface area contributed by atoms with E-state index in [0.29, 0.717) is 6.54 Å². The minimum absolute atomic E-state index is 0.0684. The summed E-state index contributed by atoms with van der Waals surface area (Å²) in [6, 6.07) is 13.1. The molecule has 0 amide bonds. The van der Waals surface area contributed by atoms with Crippen molar-refractivity contribution in [1.82, 2.24) is 4.31 Å². The minimum Gasteiger partial charge on any atom is -0.465 e. The molecule has 0 saturated carbocycles. The predicted molar refractivity (Wildman–Crippen MR) is 98.2 cm³/mol. The van der Waals surface area contributed by atoms with E-state index in [2.05, 4.69) is 4.74 Å². The lowest BCUT2D eigenvalue weighted by Crippen LogP contribution is -2.31. The Kier molecular flexibility index (Phi) is 5.59. The highest BCUT2D eigenvalue weighted by molar-refractivity contribution is 7.89. The van der Waals surface area contributed by atoms with Crippen molar-refractivity contribution in [2.45, 2.75) is 10.8 Å². The molecule has 1 saturated heterocycles. The summed E-state index contributed by atoms with van der Waals surface area (Å²) in [5.41, 5.74) is 6.30. The molecule has 1 heterocycles. The summed E-state index contributed by atoms with van der Waals surface area (Å²) < 4.78 is 46.4. The number of nitrogens with two attached hydrogens (primary N) is 1. The van der Waals surface area contributed by atoms with Crippen LogP contribution in [0.5, 0.6) is 0 Å². The van der Waals surface area contributed by atoms with Crippen LogP contribution in [0.25, 0.3) is 0 Å². The monoisotopic (exact) mass is 392 g/mol. The second-order valence-electron chi connectivity index (χ2n) is 6.44. The molecule has 0 radical (unpaired) electrons. The second kappa shape index (κ2) is 7.75. The van der Waals surface area contributed by atoms with Crippen LogP contribution in [0.1, 0.15) is 21.8 Å². The molecule has 1 fully saturated rings. The molecular weight excluding hydrogens is 371 g/mol. The highest BCUT2D eigenvalue weighted by Gasteiger charge is 2.41. The van der Waals surface area contributed by atoms with Crippen LogP contribution >= 0.6 is 0 Å². The SMILES string of the molecule is COC(=O)c1c(F)cccc1S(=O)(=O)N1C[C@@H](CN)[C@H](c2ccccc2)C1. The van der Waals surface area contributed by atoms with Crippen molar-refractivity contribution in [3.63, 3.8) is 0 Å². The maximum atomic E-state index is 14.2. The minimum atomic E-state index is -4.09. The third-order valence-electron chi connectivity index (χ3n) is 4.92. The number of carbonyl (C=O) groups is 1. The topological polar surface area (TPSA) is 89.7 Å². The Bertz CT molecular complexity index is 934. The maximum absolute atomic E-state index is 14.2. The van der Waals surface area contributed by atoms with Gasteiger partial charge in [0.1, 0.15) is 11.4 Å². The molecule has 3 rings (SSSR count). The van der Waals surface area contributed by atoms with Gasteiger partial charge in [-0.3, -0.25) is 0 Å². The van der Waals surface area contributed by atoms with Crippen molar-refractivity contribution in [3.8, 4) is 0 Å². The van der Waals surface area contributed by atoms with Gasteiger partial charge in [0.15, 0.2) is 0 Å². The predicted octanol–water partition coefficient (Wildman–Crippen LogP) is 1.98. The number of methoxy groups -OCH3 is 1. The lowest BCUT2D eigenvalue weighted by molar-refractivity contribution is 0.0590. The van der Waals surface area contributed by atoms with Gasteiger partial charge in [-0.25, -0.2) is 17.6 Å². The molecule has 0 spiro atoms. The van der Waals surface area contributed by atoms with Crippen LogP contribution in [0.15, 0.2) is 53.4 Å². The third kappa shape index (κ3) is 3.60. The Hall–Kier alpha value is -2.29. The summed E-state index contributed by atoms with van der Waals surface area (Å²) in [5, 5.41) is 0. The van der Waals surface area contributed by atoms with E-state index < -0.39 is 27.4 Å². The quantitative estimate of drug-likeness (QED) is 0.786. The second-order valence-corrected chi connectivity index (χ2v) is 8.35. The number of nitrogens with zero attached hydrogens (tertiary/aromatic N) is 1. The van der Waals surface area contributed by atoms with Gasteiger partial charge >= 0.3 is 5.97 Å². The Morgan fingerprint density at radius 3 is 2.52 bits per heavy atom. The van der Waals surface area contributed by atoms with Crippen LogP contribution in [0, 0.1) is 11.7 Å². The third-order valence-corrected chi connectivity index (χ3v) is 6.79. The summed E-state index contributed by atoms with van der Waals surface area (Å²) in [6.45, 7) is 0.736. The van der Waals surface area contributed by atoms with Crippen molar-refractivity contribution in [3.05, 3.63) is 65.5 Å². The van der Waals surface area contributed by atoms with Gasteiger partial charge in [0, 0.05) is 19.0 Å². The van der Waals surface area contributed by atoms with E-state index in [1.54, 1.807) is 0 Å². The molecule has 2 aromatic carbocycles. The molecule has 1 aliphatic heterocycles. The van der Waals surface area contributed by atoms with Crippen LogP contribution in [-0.2, 0) is 14.8 Å². The molecule has 0 bridgehead atoms. The molecule has 144 valence electrons. The maximum Gasteiger partial charge on any atom is 0.342 e. The lowest BCUT2D eigenvalue weighted by Gasteiger charge is -2.18. The van der Waals surface area contributed by atoms with Crippen molar-refractivity contribution < 1.29 is 22.3 Å². The van der Waals surface area contributed by atoms with Crippen LogP contribution in [0.3, 0.4) is 0 Å². The largest absolute Gasteiger partial charge is 0.465 e. The van der Waals surface area contributed by atoms with Gasteiger partial charge in [-0.15, -0.1) is 0 Å². The number of hydrogen-bond donors (Lipinski definition) is 1. The smallest absolute Gasteiger partial charge is 0.342 e. The average molecular weight is 392 g/mol. The summed E-state index contributed by atoms with van der Waals surface area (Å²) >= 11 is 0. The zero-order valence-electron chi connectivity index (χ0n) is 14.8. The van der Waals surface area contributed by atoms with E-state index in [1.807, 2.05) is 30.3 Å². The summed E-state index contributed by atoms with van der Waals surface area (Å²) in [4.78, 5) is 11.6. The molecule has 2 aromatic rings. The standard InChI is InChI=1S/C19H21FN2O4S/c1-26-19(23)18-16(20)8-5-9-17(18)27(24,25)22-11-14(10-21)15(12-22)13-6-3-2-4-7-13/h2-9,14-15H,10-12,21H2,1H3/t14-,15+/m1/s1. The first-order valence-corrected chi connectivity index (χ1v) is 9.96. The fourth-order valence-electron chi connectivity index (χ4n) is 3.50. The lowest BCUT2D eigenvalue weighted by atomic mass is 9.89. The summed E-state index contributed by atoms with van der Waals surface area (Å²) in [6.07, 6.45) is 0. The van der Waals surface area contributed by atoms with Gasteiger partial charge in [0.2, 0.25) is 10.0 Å². The van der Waals surface area contributed by atoms with Crippen LogP contribution in [-0.4, -0.2) is 45.4 Å². The first kappa shape index (κ1) is 19.5. The molecule has 6 nitrogen and oxygen atoms in total. The molecule has 0 aliphatic carbocycles. The summed E-state index contributed by atoms with van der Waals surface area (Å²) in [7, 11) is -3.01. The molecule has 8 heteroatoms. The summed E-state index contributed by atoms with van der Waals surface area (Å²) in [5.74, 6) is -2.10. The normalized spacial score (nSPS) is 20.6. The fourth-order valence-corrected chi connectivity index (χ4v) is 5.22. The van der Waals surface area contributed by atoms with E-state index in [9.17, 15) is 17.6 Å². The Labute approximate surface area is 157 Å². The molecule has 0 unspecified atom stereocenters. The highest BCUT2D eigenvalue weighted by Crippen LogP contribution is 2.36. The number of sulfonamides is 1. The fraction of sp³-hybridized carbons (Fsp3) is 0.316. The molecule has 1 aliphatic rings. The van der Waals surface area contributed by atoms with Crippen molar-refractivity contribution in [1.29, 1.82) is 0 Å². The zero-order chi connectivity index (χ0) is 19.6. The van der Waals surface area contributed by atoms with E-state index >= 15 is 0 Å². The number of esters is 1. The highest BCUT2D eigenvalue weighted by atomic mass is 32.2. The van der Waals surface area contributed by atoms with Crippen molar-refractivity contribution in [2.75, 3.05) is 26.7 Å². The Morgan fingerprint density at radius 1 is 1.19 bits per heavy atom. The van der Waals surface area contributed by atoms with Crippen molar-refractivity contribution >= 4 is 16.0 Å². The van der Waals surface area contributed by atoms with E-state index in [1.165, 1.54) is 16.4 Å². The van der Waals surface area contributed by atoms with Crippen molar-refractivity contribution in [2.24, 2.45) is 11.7 Å². The number of carbonyl (C=O) groups excluding carboxylic acids is 1. The number of benzene rings is 2. The van der Waals surface area contributed by atoms with Gasteiger partial charge in [-0.2, -0.15) is 4.31 Å². The molecule has 27 heavy (non-hydrogen) atoms. The van der Waals surface area contributed by atoms with Gasteiger partial charge in [-0.05, 0) is 30.2 Å². The van der Waals surface area contributed by atoms with Crippen LogP contribution < -0.4 is 5.73 Å². The Balaban J connectivity index is 2.00. The number of rotatable bonds is 5. The molecule has 2 atom stereocenters. The molecular formula is C19H21FN2O4S. The molecule has 0 aromatic heterocycles.